The number of aryl methyl sites for hydroxylation is 1. The summed E-state index contributed by atoms with van der Waals surface area (Å²) in [5.74, 6) is -2.54. The monoisotopic (exact) mass is 575 g/mol. The van der Waals surface area contributed by atoms with Crippen LogP contribution < -0.4 is 4.90 Å². The molecule has 2 aromatic rings. The number of rotatable bonds is 6. The Morgan fingerprint density at radius 3 is 2.44 bits per heavy atom. The molecule has 4 heterocycles. The van der Waals surface area contributed by atoms with Gasteiger partial charge in [0.2, 0.25) is 11.8 Å². The smallest absolute Gasteiger partial charge is 0.253 e. The highest BCUT2D eigenvalue weighted by Crippen LogP contribution is 2.57. The fourth-order valence-corrected chi connectivity index (χ4v) is 7.49. The summed E-state index contributed by atoms with van der Waals surface area (Å²) in [6.07, 6.45) is 7.77. The zero-order valence-electron chi connectivity index (χ0n) is 23.2. The van der Waals surface area contributed by atoms with E-state index in [0.29, 0.717) is 30.2 Å². The van der Waals surface area contributed by atoms with Crippen LogP contribution in [0.25, 0.3) is 0 Å². The van der Waals surface area contributed by atoms with Crippen LogP contribution in [0.15, 0.2) is 72.8 Å². The van der Waals surface area contributed by atoms with E-state index < -0.39 is 29.1 Å². The lowest BCUT2D eigenvalue weighted by Crippen LogP contribution is -2.56. The van der Waals surface area contributed by atoms with Crippen molar-refractivity contribution < 1.29 is 24.2 Å². The number of halogens is 1. The molecule has 1 unspecified atom stereocenters. The number of hydrogen-bond donors (Lipinski definition) is 1. The second-order valence-electron chi connectivity index (χ2n) is 11.5. The van der Waals surface area contributed by atoms with E-state index in [1.807, 2.05) is 80.6 Å². The molecule has 1 N–H and O–H groups in total. The van der Waals surface area contributed by atoms with Crippen LogP contribution in [0, 0.1) is 18.8 Å². The van der Waals surface area contributed by atoms with Crippen molar-refractivity contribution in [3.8, 4) is 0 Å². The van der Waals surface area contributed by atoms with Crippen molar-refractivity contribution in [1.82, 2.24) is 9.80 Å². The van der Waals surface area contributed by atoms with Crippen LogP contribution in [0.4, 0.5) is 5.69 Å². The first-order chi connectivity index (χ1) is 19.7. The van der Waals surface area contributed by atoms with Crippen molar-refractivity contribution in [2.24, 2.45) is 11.8 Å². The molecule has 8 nitrogen and oxygen atoms in total. The summed E-state index contributed by atoms with van der Waals surface area (Å²) in [6, 6.07) is 14.2. The fraction of sp³-hybridized carbons (Fsp3) is 0.406. The molecule has 9 heteroatoms. The van der Waals surface area contributed by atoms with Gasteiger partial charge in [-0.05, 0) is 37.5 Å². The second kappa shape index (κ2) is 10.4. The Labute approximate surface area is 244 Å². The molecule has 6 rings (SSSR count). The first kappa shape index (κ1) is 27.7. The first-order valence-corrected chi connectivity index (χ1v) is 14.5. The van der Waals surface area contributed by atoms with Gasteiger partial charge in [0.05, 0.1) is 28.1 Å². The number of carbonyl (C=O) groups is 3. The molecule has 0 radical (unpaired) electrons. The lowest BCUT2D eigenvalue weighted by molar-refractivity contribution is -0.149. The molecule has 1 spiro atoms. The number of benzene rings is 2. The maximum absolute atomic E-state index is 14.5. The average Bonchev–Trinajstić information content (AvgIpc) is 3.22. The lowest BCUT2D eigenvalue weighted by Gasteiger charge is -2.37. The summed E-state index contributed by atoms with van der Waals surface area (Å²) < 4.78 is 6.87. The Kier molecular flexibility index (Phi) is 7.04. The van der Waals surface area contributed by atoms with E-state index in [9.17, 15) is 19.5 Å². The number of aliphatic hydroxyl groups excluding tert-OH is 1. The lowest BCUT2D eigenvalue weighted by atomic mass is 9.74. The summed E-state index contributed by atoms with van der Waals surface area (Å²) in [6.45, 7) is 4.79. The Morgan fingerprint density at radius 2 is 1.71 bits per heavy atom. The van der Waals surface area contributed by atoms with Crippen molar-refractivity contribution in [1.29, 1.82) is 0 Å². The van der Waals surface area contributed by atoms with Crippen LogP contribution in [0.1, 0.15) is 24.5 Å². The molecule has 214 valence electrons. The normalized spacial score (nSPS) is 30.8. The van der Waals surface area contributed by atoms with Gasteiger partial charge in [0.15, 0.2) is 0 Å². The van der Waals surface area contributed by atoms with E-state index in [1.54, 1.807) is 15.9 Å². The van der Waals surface area contributed by atoms with Crippen LogP contribution in [0.5, 0.6) is 0 Å². The number of amides is 3. The molecule has 2 saturated heterocycles. The molecule has 3 amide bonds. The van der Waals surface area contributed by atoms with E-state index in [0.717, 1.165) is 11.1 Å². The largest absolute Gasteiger partial charge is 0.396 e. The predicted octanol–water partition coefficient (Wildman–Crippen LogP) is 3.50. The molecule has 0 bridgehead atoms. The third kappa shape index (κ3) is 4.31. The van der Waals surface area contributed by atoms with Gasteiger partial charge in [-0.15, -0.1) is 0 Å². The minimum absolute atomic E-state index is 0.139. The van der Waals surface area contributed by atoms with Crippen molar-refractivity contribution >= 4 is 35.0 Å². The second-order valence-corrected chi connectivity index (χ2v) is 11.9. The Bertz CT molecular complexity index is 1420. The maximum atomic E-state index is 14.5. The summed E-state index contributed by atoms with van der Waals surface area (Å²) >= 11 is 6.60. The third-order valence-corrected chi connectivity index (χ3v) is 9.18. The zero-order chi connectivity index (χ0) is 28.9. The van der Waals surface area contributed by atoms with E-state index in [2.05, 4.69) is 0 Å². The highest BCUT2D eigenvalue weighted by atomic mass is 35.5. The standard InChI is InChI=1S/C32H34ClN3O5/c1-21-10-6-13-23(33)26(21)35-17-8-15-32-25(29(39)36(18-9-19-37)27(32)30(35)40)24-28(38)34(16-7-14-31(24,2)41-32)20-22-11-4-3-5-12-22/h3-8,10-15,24-25,27,37H,9,16-20H2,1-2H3/t24-,25-,27?,31+,32-/m0/s1. The van der Waals surface area contributed by atoms with Gasteiger partial charge in [0.1, 0.15) is 11.6 Å². The van der Waals surface area contributed by atoms with Crippen LogP contribution in [-0.2, 0) is 25.7 Å². The van der Waals surface area contributed by atoms with Crippen LogP contribution in [0.2, 0.25) is 5.02 Å². The summed E-state index contributed by atoms with van der Waals surface area (Å²) in [7, 11) is 0. The molecule has 2 fully saturated rings. The number of likely N-dealkylation sites (tertiary alicyclic amines) is 1. The first-order valence-electron chi connectivity index (χ1n) is 14.1. The van der Waals surface area contributed by atoms with Gasteiger partial charge in [-0.25, -0.2) is 0 Å². The Morgan fingerprint density at radius 1 is 0.951 bits per heavy atom. The fourth-order valence-electron chi connectivity index (χ4n) is 7.16. The molecule has 4 aliphatic rings. The van der Waals surface area contributed by atoms with Gasteiger partial charge in [-0.1, -0.05) is 78.4 Å². The van der Waals surface area contributed by atoms with Gasteiger partial charge in [-0.3, -0.25) is 14.4 Å². The number of carbonyl (C=O) groups excluding carboxylic acids is 3. The van der Waals surface area contributed by atoms with Crippen LogP contribution >= 0.6 is 11.6 Å². The molecule has 4 aliphatic heterocycles. The molecule has 0 aliphatic carbocycles. The molecule has 2 aromatic carbocycles. The minimum atomic E-state index is -1.36. The van der Waals surface area contributed by atoms with Crippen LogP contribution in [0.3, 0.4) is 0 Å². The predicted molar refractivity (Wildman–Crippen MR) is 155 cm³/mol. The van der Waals surface area contributed by atoms with Gasteiger partial charge >= 0.3 is 0 Å². The van der Waals surface area contributed by atoms with E-state index >= 15 is 0 Å². The molecule has 41 heavy (non-hydrogen) atoms. The highest BCUT2D eigenvalue weighted by molar-refractivity contribution is 6.34. The van der Waals surface area contributed by atoms with Gasteiger partial charge in [0.25, 0.3) is 5.91 Å². The van der Waals surface area contributed by atoms with Gasteiger partial charge < -0.3 is 24.5 Å². The molecular weight excluding hydrogens is 542 g/mol. The number of para-hydroxylation sites is 1. The van der Waals surface area contributed by atoms with Crippen molar-refractivity contribution in [3.05, 3.63) is 89.0 Å². The number of anilines is 1. The minimum Gasteiger partial charge on any atom is -0.396 e. The number of hydrogen-bond acceptors (Lipinski definition) is 5. The van der Waals surface area contributed by atoms with Crippen molar-refractivity contribution in [2.75, 3.05) is 31.1 Å². The van der Waals surface area contributed by atoms with Crippen molar-refractivity contribution in [2.45, 2.75) is 44.1 Å². The van der Waals surface area contributed by atoms with Crippen molar-refractivity contribution in [3.63, 3.8) is 0 Å². The number of fused-ring (bicyclic) bond motifs is 2. The van der Waals surface area contributed by atoms with Crippen LogP contribution in [-0.4, -0.2) is 76.1 Å². The summed E-state index contributed by atoms with van der Waals surface area (Å²) in [4.78, 5) is 48.1. The molecule has 0 saturated carbocycles. The number of nitrogens with zero attached hydrogens (tertiary/aromatic N) is 3. The van der Waals surface area contributed by atoms with E-state index in [1.165, 1.54) is 4.90 Å². The quantitative estimate of drug-likeness (QED) is 0.533. The van der Waals surface area contributed by atoms with Gasteiger partial charge in [0, 0.05) is 32.8 Å². The summed E-state index contributed by atoms with van der Waals surface area (Å²) in [5, 5.41) is 10.1. The number of ether oxygens (including phenoxy) is 1. The highest BCUT2D eigenvalue weighted by Gasteiger charge is 2.74. The maximum Gasteiger partial charge on any atom is 0.253 e. The Balaban J connectivity index is 1.44. The third-order valence-electron chi connectivity index (χ3n) is 8.87. The average molecular weight is 576 g/mol. The molecular formula is C32H34ClN3O5. The summed E-state index contributed by atoms with van der Waals surface area (Å²) in [5.41, 5.74) is -0.0474. The molecule has 0 aromatic heterocycles. The van der Waals surface area contributed by atoms with E-state index in [4.69, 9.17) is 16.3 Å². The topological polar surface area (TPSA) is 90.4 Å². The van der Waals surface area contributed by atoms with Gasteiger partial charge in [-0.2, -0.15) is 0 Å². The SMILES string of the molecule is Cc1cccc(Cl)c1N1CC=C[C@]23O[C@]4(C)C=CCN(Cc5ccccc5)C(=O)[C@@H]4[C@H]2C(=O)N(CCCO)C3C1=O. The zero-order valence-corrected chi connectivity index (χ0v) is 24.0. The number of aliphatic hydroxyl groups is 1. The molecule has 5 atom stereocenters. The van der Waals surface area contributed by atoms with E-state index in [-0.39, 0.29) is 37.4 Å². The Hall–Kier alpha value is -3.46.